The van der Waals surface area contributed by atoms with Crippen LogP contribution in [0.1, 0.15) is 48.2 Å². The lowest BCUT2D eigenvalue weighted by Gasteiger charge is -2.32. The van der Waals surface area contributed by atoms with E-state index in [2.05, 4.69) is 22.5 Å². The molecule has 1 aromatic carbocycles. The summed E-state index contributed by atoms with van der Waals surface area (Å²) in [4.78, 5) is 14.8. The van der Waals surface area contributed by atoms with Crippen LogP contribution >= 0.6 is 0 Å². The molecule has 0 unspecified atom stereocenters. The highest BCUT2D eigenvalue weighted by molar-refractivity contribution is 5.75. The van der Waals surface area contributed by atoms with Gasteiger partial charge in [0.2, 0.25) is 0 Å². The molecule has 1 N–H and O–H groups in total. The van der Waals surface area contributed by atoms with Gasteiger partial charge in [-0.25, -0.2) is 4.79 Å². The number of ether oxygens (including phenoxy) is 1. The zero-order valence-electron chi connectivity index (χ0n) is 15.5. The number of amides is 2. The van der Waals surface area contributed by atoms with Crippen molar-refractivity contribution < 1.29 is 9.53 Å². The van der Waals surface area contributed by atoms with E-state index >= 15 is 0 Å². The molecule has 4 rings (SSSR count). The van der Waals surface area contributed by atoms with Crippen LogP contribution in [0.15, 0.2) is 24.4 Å². The number of fused-ring (bicyclic) bond motifs is 2. The quantitative estimate of drug-likeness (QED) is 0.922. The number of nitrogens with one attached hydrogen (secondary N) is 1. The van der Waals surface area contributed by atoms with E-state index in [1.165, 1.54) is 22.4 Å². The van der Waals surface area contributed by atoms with Crippen molar-refractivity contribution in [3.8, 4) is 5.75 Å². The predicted octanol–water partition coefficient (Wildman–Crippen LogP) is 2.96. The Labute approximate surface area is 154 Å². The van der Waals surface area contributed by atoms with Gasteiger partial charge >= 0.3 is 6.03 Å². The zero-order valence-corrected chi connectivity index (χ0v) is 15.5. The second kappa shape index (κ2) is 7.02. The number of aryl methyl sites for hydroxylation is 1. The summed E-state index contributed by atoms with van der Waals surface area (Å²) >= 11 is 0. The van der Waals surface area contributed by atoms with E-state index < -0.39 is 0 Å². The Bertz CT molecular complexity index is 814. The number of hydrogen-bond donors (Lipinski definition) is 1. The molecule has 0 radical (unpaired) electrons. The van der Waals surface area contributed by atoms with Crippen LogP contribution < -0.4 is 10.1 Å². The monoisotopic (exact) mass is 354 g/mol. The summed E-state index contributed by atoms with van der Waals surface area (Å²) in [7, 11) is 1.97. The predicted molar refractivity (Wildman–Crippen MR) is 99.1 cm³/mol. The van der Waals surface area contributed by atoms with Gasteiger partial charge < -0.3 is 15.0 Å². The molecule has 2 heterocycles. The van der Waals surface area contributed by atoms with Crippen molar-refractivity contribution in [3.05, 3.63) is 46.8 Å². The molecule has 2 amide bonds. The van der Waals surface area contributed by atoms with E-state index in [1.807, 2.05) is 35.8 Å². The third kappa shape index (κ3) is 3.16. The SMILES string of the molecule is CCOc1ccc2c(c1)CN(C(=O)N[C@@H]1CCCc3c1cnn3C)CC2. The number of hydrogen-bond acceptors (Lipinski definition) is 3. The fraction of sp³-hybridized carbons (Fsp3) is 0.500. The van der Waals surface area contributed by atoms with Crippen LogP contribution in [0.4, 0.5) is 4.79 Å². The topological polar surface area (TPSA) is 59.4 Å². The number of nitrogens with zero attached hydrogens (tertiary/aromatic N) is 3. The maximum atomic E-state index is 12.9. The molecular weight excluding hydrogens is 328 g/mol. The van der Waals surface area contributed by atoms with Gasteiger partial charge in [-0.1, -0.05) is 6.07 Å². The molecule has 1 aliphatic carbocycles. The number of benzene rings is 1. The number of carbonyl (C=O) groups excluding carboxylic acids is 1. The average Bonchev–Trinajstić information content (AvgIpc) is 3.03. The van der Waals surface area contributed by atoms with Crippen molar-refractivity contribution in [1.82, 2.24) is 20.0 Å². The summed E-state index contributed by atoms with van der Waals surface area (Å²) in [6.07, 6.45) is 5.88. The van der Waals surface area contributed by atoms with Crippen molar-refractivity contribution in [1.29, 1.82) is 0 Å². The Balaban J connectivity index is 1.46. The number of rotatable bonds is 3. The van der Waals surface area contributed by atoms with E-state index in [9.17, 15) is 4.79 Å². The second-order valence-electron chi connectivity index (χ2n) is 7.10. The summed E-state index contributed by atoms with van der Waals surface area (Å²) < 4.78 is 7.53. The Morgan fingerprint density at radius 1 is 1.35 bits per heavy atom. The Hall–Kier alpha value is -2.50. The van der Waals surface area contributed by atoms with Gasteiger partial charge in [-0.15, -0.1) is 0 Å². The van der Waals surface area contributed by atoms with Gasteiger partial charge in [-0.2, -0.15) is 5.10 Å². The van der Waals surface area contributed by atoms with Gasteiger partial charge in [0.1, 0.15) is 5.75 Å². The van der Waals surface area contributed by atoms with Crippen LogP contribution in [0.3, 0.4) is 0 Å². The minimum atomic E-state index is 0.0131. The lowest BCUT2D eigenvalue weighted by molar-refractivity contribution is 0.186. The first-order valence-electron chi connectivity index (χ1n) is 9.46. The first kappa shape index (κ1) is 16.9. The standard InChI is InChI=1S/C20H26N4O2/c1-3-26-16-8-7-14-9-10-24(13-15(14)11-16)20(25)22-18-5-4-6-19-17(18)12-21-23(19)2/h7-8,11-12,18H,3-6,9-10,13H2,1-2H3,(H,22,25)/t18-/m1/s1. The summed E-state index contributed by atoms with van der Waals surface area (Å²) in [5.74, 6) is 0.876. The normalized spacial score (nSPS) is 18.8. The van der Waals surface area contributed by atoms with E-state index in [0.29, 0.717) is 13.2 Å². The van der Waals surface area contributed by atoms with E-state index in [0.717, 1.165) is 38.0 Å². The smallest absolute Gasteiger partial charge is 0.318 e. The summed E-state index contributed by atoms with van der Waals surface area (Å²) in [6, 6.07) is 6.29. The van der Waals surface area contributed by atoms with Gasteiger partial charge in [-0.3, -0.25) is 4.68 Å². The fourth-order valence-corrected chi connectivity index (χ4v) is 4.06. The first-order chi connectivity index (χ1) is 12.7. The summed E-state index contributed by atoms with van der Waals surface area (Å²) in [5.41, 5.74) is 4.91. The van der Waals surface area contributed by atoms with Crippen molar-refractivity contribution in [2.24, 2.45) is 7.05 Å². The fourth-order valence-electron chi connectivity index (χ4n) is 4.06. The van der Waals surface area contributed by atoms with Gasteiger partial charge in [-0.05, 0) is 55.9 Å². The highest BCUT2D eigenvalue weighted by Crippen LogP contribution is 2.30. The molecular formula is C20H26N4O2. The third-order valence-electron chi connectivity index (χ3n) is 5.46. The molecule has 2 aromatic rings. The minimum absolute atomic E-state index is 0.0131. The second-order valence-corrected chi connectivity index (χ2v) is 7.10. The molecule has 1 atom stereocenters. The van der Waals surface area contributed by atoms with Gasteiger partial charge in [0, 0.05) is 31.4 Å². The minimum Gasteiger partial charge on any atom is -0.494 e. The summed E-state index contributed by atoms with van der Waals surface area (Å²) in [6.45, 7) is 4.02. The largest absolute Gasteiger partial charge is 0.494 e. The molecule has 0 spiro atoms. The average molecular weight is 354 g/mol. The highest BCUT2D eigenvalue weighted by Gasteiger charge is 2.28. The molecule has 6 heteroatoms. The molecule has 1 aliphatic heterocycles. The molecule has 138 valence electrons. The third-order valence-corrected chi connectivity index (χ3v) is 5.46. The van der Waals surface area contributed by atoms with E-state index in [4.69, 9.17) is 4.74 Å². The number of urea groups is 1. The Morgan fingerprint density at radius 2 is 2.23 bits per heavy atom. The van der Waals surface area contributed by atoms with Crippen molar-refractivity contribution in [2.75, 3.05) is 13.2 Å². The summed E-state index contributed by atoms with van der Waals surface area (Å²) in [5, 5.41) is 7.59. The highest BCUT2D eigenvalue weighted by atomic mass is 16.5. The van der Waals surface area contributed by atoms with Crippen LogP contribution in [-0.4, -0.2) is 33.9 Å². The number of aromatic nitrogens is 2. The number of carbonyl (C=O) groups is 1. The molecule has 0 fully saturated rings. The Morgan fingerprint density at radius 3 is 3.08 bits per heavy atom. The van der Waals surface area contributed by atoms with E-state index in [1.54, 1.807) is 0 Å². The van der Waals surface area contributed by atoms with Crippen LogP contribution in [0.25, 0.3) is 0 Å². The Kier molecular flexibility index (Phi) is 4.57. The lowest BCUT2D eigenvalue weighted by Crippen LogP contribution is -2.44. The van der Waals surface area contributed by atoms with Crippen molar-refractivity contribution in [3.63, 3.8) is 0 Å². The molecule has 0 saturated carbocycles. The molecule has 1 aromatic heterocycles. The molecule has 0 bridgehead atoms. The van der Waals surface area contributed by atoms with Crippen molar-refractivity contribution >= 4 is 6.03 Å². The maximum absolute atomic E-state index is 12.9. The van der Waals surface area contributed by atoms with Crippen molar-refractivity contribution in [2.45, 2.75) is 45.2 Å². The van der Waals surface area contributed by atoms with Crippen LogP contribution in [-0.2, 0) is 26.4 Å². The molecule has 26 heavy (non-hydrogen) atoms. The molecule has 6 nitrogen and oxygen atoms in total. The molecule has 2 aliphatic rings. The lowest BCUT2D eigenvalue weighted by atomic mass is 9.93. The van der Waals surface area contributed by atoms with Crippen LogP contribution in [0.5, 0.6) is 5.75 Å². The maximum Gasteiger partial charge on any atom is 0.318 e. The van der Waals surface area contributed by atoms with Crippen LogP contribution in [0, 0.1) is 0 Å². The molecule has 0 saturated heterocycles. The van der Waals surface area contributed by atoms with Crippen LogP contribution in [0.2, 0.25) is 0 Å². The first-order valence-corrected chi connectivity index (χ1v) is 9.46. The van der Waals surface area contributed by atoms with Gasteiger partial charge in [0.25, 0.3) is 0 Å². The van der Waals surface area contributed by atoms with Gasteiger partial charge in [0.15, 0.2) is 0 Å². The van der Waals surface area contributed by atoms with Gasteiger partial charge in [0.05, 0.1) is 18.8 Å². The van der Waals surface area contributed by atoms with E-state index in [-0.39, 0.29) is 12.1 Å². The zero-order chi connectivity index (χ0) is 18.1.